The van der Waals surface area contributed by atoms with Crippen molar-refractivity contribution >= 4 is 15.5 Å². The van der Waals surface area contributed by atoms with E-state index in [2.05, 4.69) is 23.5 Å². The van der Waals surface area contributed by atoms with Crippen LogP contribution in [0.1, 0.15) is 37.8 Å². The summed E-state index contributed by atoms with van der Waals surface area (Å²) in [6.45, 7) is 3.97. The number of anilines is 1. The fraction of sp³-hybridized carbons (Fsp3) is 0.600. The van der Waals surface area contributed by atoms with Gasteiger partial charge in [-0.3, -0.25) is 0 Å². The van der Waals surface area contributed by atoms with Gasteiger partial charge in [-0.25, -0.2) is 8.42 Å². The molecule has 0 aliphatic heterocycles. The van der Waals surface area contributed by atoms with Gasteiger partial charge >= 0.3 is 0 Å². The molecule has 0 atom stereocenters. The predicted octanol–water partition coefficient (Wildman–Crippen LogP) is 2.80. The molecule has 0 fully saturated rings. The summed E-state index contributed by atoms with van der Waals surface area (Å²) in [5.74, 6) is 0.203. The molecule has 0 saturated carbocycles. The first-order valence-electron chi connectivity index (χ1n) is 7.07. The van der Waals surface area contributed by atoms with Gasteiger partial charge in [-0.15, -0.1) is 0 Å². The zero-order valence-electron chi connectivity index (χ0n) is 11.8. The minimum atomic E-state index is -2.95. The molecule has 0 heterocycles. The molecular weight excluding hydrogens is 258 g/mol. The highest BCUT2D eigenvalue weighted by Gasteiger charge is 2.16. The van der Waals surface area contributed by atoms with Crippen LogP contribution in [0.3, 0.4) is 0 Å². The summed E-state index contributed by atoms with van der Waals surface area (Å²) in [7, 11) is -2.95. The first kappa shape index (κ1) is 14.4. The summed E-state index contributed by atoms with van der Waals surface area (Å²) in [5, 5.41) is 3.01. The highest BCUT2D eigenvalue weighted by molar-refractivity contribution is 7.92. The van der Waals surface area contributed by atoms with Gasteiger partial charge in [0, 0.05) is 12.2 Å². The Morgan fingerprint density at radius 3 is 2.68 bits per heavy atom. The summed E-state index contributed by atoms with van der Waals surface area (Å²) in [4.78, 5) is 0. The molecule has 1 N–H and O–H groups in total. The molecule has 1 aliphatic carbocycles. The first-order valence-corrected chi connectivity index (χ1v) is 8.78. The number of hydrogen-bond donors (Lipinski definition) is 1. The minimum absolute atomic E-state index is 0.203. The molecule has 1 aromatic carbocycles. The Morgan fingerprint density at radius 2 is 1.95 bits per heavy atom. The average Bonchev–Trinajstić information content (AvgIpc) is 2.38. The number of aryl methyl sites for hydroxylation is 1. The van der Waals surface area contributed by atoms with Gasteiger partial charge in [-0.1, -0.05) is 12.1 Å². The molecule has 0 bridgehead atoms. The maximum atomic E-state index is 11.8. The van der Waals surface area contributed by atoms with E-state index < -0.39 is 9.84 Å². The lowest BCUT2D eigenvalue weighted by molar-refractivity contribution is 0.588. The monoisotopic (exact) mass is 281 g/mol. The lowest BCUT2D eigenvalue weighted by atomic mass is 9.90. The third-order valence-electron chi connectivity index (χ3n) is 3.82. The van der Waals surface area contributed by atoms with Gasteiger partial charge in [-0.05, 0) is 56.7 Å². The molecular formula is C15H23NO2S. The van der Waals surface area contributed by atoms with Crippen molar-refractivity contribution in [1.29, 1.82) is 0 Å². The van der Waals surface area contributed by atoms with E-state index in [0.29, 0.717) is 6.54 Å². The minimum Gasteiger partial charge on any atom is -0.384 e. The van der Waals surface area contributed by atoms with E-state index in [1.807, 2.05) is 0 Å². The van der Waals surface area contributed by atoms with Gasteiger partial charge < -0.3 is 5.32 Å². The van der Waals surface area contributed by atoms with Crippen molar-refractivity contribution in [3.8, 4) is 0 Å². The highest BCUT2D eigenvalue weighted by atomic mass is 32.2. The van der Waals surface area contributed by atoms with Crippen LogP contribution >= 0.6 is 0 Å². The van der Waals surface area contributed by atoms with Crippen molar-refractivity contribution in [3.63, 3.8) is 0 Å². The highest BCUT2D eigenvalue weighted by Crippen LogP contribution is 2.27. The van der Waals surface area contributed by atoms with Crippen LogP contribution in [0.25, 0.3) is 0 Å². The van der Waals surface area contributed by atoms with Crippen molar-refractivity contribution in [1.82, 2.24) is 0 Å². The van der Waals surface area contributed by atoms with E-state index in [1.165, 1.54) is 24.0 Å². The van der Waals surface area contributed by atoms with Crippen LogP contribution < -0.4 is 5.32 Å². The Bertz CT molecular complexity index is 535. The van der Waals surface area contributed by atoms with Gasteiger partial charge in [0.1, 0.15) is 0 Å². The molecule has 0 unspecified atom stereocenters. The van der Waals surface area contributed by atoms with E-state index >= 15 is 0 Å². The number of hydrogen-bond acceptors (Lipinski definition) is 3. The maximum Gasteiger partial charge on any atom is 0.154 e. The maximum absolute atomic E-state index is 11.8. The van der Waals surface area contributed by atoms with E-state index in [4.69, 9.17) is 0 Å². The zero-order valence-corrected chi connectivity index (χ0v) is 12.6. The van der Waals surface area contributed by atoms with Crippen molar-refractivity contribution < 1.29 is 8.42 Å². The normalized spacial score (nSPS) is 15.3. The molecule has 0 radical (unpaired) electrons. The number of benzene rings is 1. The van der Waals surface area contributed by atoms with Crippen LogP contribution in [0, 0.1) is 0 Å². The Labute approximate surface area is 116 Å². The van der Waals surface area contributed by atoms with E-state index in [9.17, 15) is 8.42 Å². The van der Waals surface area contributed by atoms with E-state index in [0.717, 1.165) is 18.5 Å². The molecule has 106 valence electrons. The Kier molecular flexibility index (Phi) is 4.50. The molecule has 2 rings (SSSR count). The van der Waals surface area contributed by atoms with Crippen LogP contribution in [0.4, 0.5) is 5.69 Å². The standard InChI is InChI=1S/C15H23NO2S/c1-12(2)19(17,18)11-10-16-15-9-5-7-13-6-3-4-8-14(13)15/h5,7,9,12,16H,3-4,6,8,10-11H2,1-2H3. The van der Waals surface area contributed by atoms with Crippen molar-refractivity contribution in [2.24, 2.45) is 0 Å². The lowest BCUT2D eigenvalue weighted by Crippen LogP contribution is -2.23. The van der Waals surface area contributed by atoms with Crippen molar-refractivity contribution in [3.05, 3.63) is 29.3 Å². The fourth-order valence-electron chi connectivity index (χ4n) is 2.51. The summed E-state index contributed by atoms with van der Waals surface area (Å²) in [6.07, 6.45) is 4.75. The van der Waals surface area contributed by atoms with E-state index in [1.54, 1.807) is 13.8 Å². The smallest absolute Gasteiger partial charge is 0.154 e. The van der Waals surface area contributed by atoms with Gasteiger partial charge in [0.25, 0.3) is 0 Å². The van der Waals surface area contributed by atoms with Gasteiger partial charge in [-0.2, -0.15) is 0 Å². The number of rotatable bonds is 5. The first-order chi connectivity index (χ1) is 9.00. The van der Waals surface area contributed by atoms with Gasteiger partial charge in [0.15, 0.2) is 9.84 Å². The Morgan fingerprint density at radius 1 is 1.21 bits per heavy atom. The average molecular weight is 281 g/mol. The number of fused-ring (bicyclic) bond motifs is 1. The third-order valence-corrected chi connectivity index (χ3v) is 6.03. The SMILES string of the molecule is CC(C)S(=O)(=O)CCNc1cccc2c1CCCC2. The zero-order chi connectivity index (χ0) is 13.9. The summed E-state index contributed by atoms with van der Waals surface area (Å²) in [6, 6.07) is 6.31. The fourth-order valence-corrected chi connectivity index (χ4v) is 3.37. The molecule has 0 saturated heterocycles. The van der Waals surface area contributed by atoms with E-state index in [-0.39, 0.29) is 11.0 Å². The largest absolute Gasteiger partial charge is 0.384 e. The summed E-state index contributed by atoms with van der Waals surface area (Å²) < 4.78 is 23.5. The summed E-state index contributed by atoms with van der Waals surface area (Å²) >= 11 is 0. The van der Waals surface area contributed by atoms with Crippen molar-refractivity contribution in [2.45, 2.75) is 44.8 Å². The van der Waals surface area contributed by atoms with Gasteiger partial charge in [0.05, 0.1) is 11.0 Å². The van der Waals surface area contributed by atoms with Crippen LogP contribution in [-0.2, 0) is 22.7 Å². The topological polar surface area (TPSA) is 46.2 Å². The van der Waals surface area contributed by atoms with Gasteiger partial charge in [0.2, 0.25) is 0 Å². The molecule has 1 aliphatic rings. The Balaban J connectivity index is 2.01. The quantitative estimate of drug-likeness (QED) is 0.902. The number of sulfone groups is 1. The predicted molar refractivity (Wildman–Crippen MR) is 80.5 cm³/mol. The second-order valence-corrected chi connectivity index (χ2v) is 8.17. The van der Waals surface area contributed by atoms with Crippen LogP contribution in [-0.4, -0.2) is 26.0 Å². The molecule has 1 aromatic rings. The molecule has 0 spiro atoms. The molecule has 0 amide bonds. The summed E-state index contributed by atoms with van der Waals surface area (Å²) in [5.41, 5.74) is 3.93. The van der Waals surface area contributed by atoms with Crippen LogP contribution in [0.15, 0.2) is 18.2 Å². The third kappa shape index (κ3) is 3.50. The molecule has 0 aromatic heterocycles. The molecule has 19 heavy (non-hydrogen) atoms. The lowest BCUT2D eigenvalue weighted by Gasteiger charge is -2.20. The molecule has 4 heteroatoms. The van der Waals surface area contributed by atoms with Crippen molar-refractivity contribution in [2.75, 3.05) is 17.6 Å². The van der Waals surface area contributed by atoms with Crippen LogP contribution in [0.2, 0.25) is 0 Å². The van der Waals surface area contributed by atoms with Crippen LogP contribution in [0.5, 0.6) is 0 Å². The second kappa shape index (κ2) is 5.95. The molecule has 3 nitrogen and oxygen atoms in total. The number of nitrogens with one attached hydrogen (secondary N) is 1. The second-order valence-electron chi connectivity index (χ2n) is 5.49. The Hall–Kier alpha value is -1.03.